The molecule has 1 N–H and O–H groups in total. The van der Waals surface area contributed by atoms with Crippen LogP contribution in [0.5, 0.6) is 11.5 Å². The van der Waals surface area contributed by atoms with Crippen LogP contribution >= 0.6 is 23.2 Å². The maximum absolute atomic E-state index is 13.8. The summed E-state index contributed by atoms with van der Waals surface area (Å²) >= 11 is 12.8. The van der Waals surface area contributed by atoms with Crippen molar-refractivity contribution < 1.29 is 46.4 Å². The quantitative estimate of drug-likeness (QED) is 0.0635. The molecule has 1 saturated heterocycles. The lowest BCUT2D eigenvalue weighted by Gasteiger charge is -2.31. The zero-order chi connectivity index (χ0) is 39.8. The third kappa shape index (κ3) is 11.2. The fourth-order valence-corrected chi connectivity index (χ4v) is 7.01. The van der Waals surface area contributed by atoms with Crippen molar-refractivity contribution in [2.24, 2.45) is 11.8 Å². The molecule has 56 heavy (non-hydrogen) atoms. The average Bonchev–Trinajstić information content (AvgIpc) is 4.02. The number of rotatable bonds is 17. The molecule has 1 saturated carbocycles. The van der Waals surface area contributed by atoms with Crippen LogP contribution in [0.15, 0.2) is 79.1 Å². The van der Waals surface area contributed by atoms with E-state index in [2.05, 4.69) is 21.9 Å². The van der Waals surface area contributed by atoms with Gasteiger partial charge in [-0.05, 0) is 117 Å². The number of hydrogen-bond acceptors (Lipinski definition) is 9. The van der Waals surface area contributed by atoms with E-state index in [0.29, 0.717) is 39.6 Å². The Kier molecular flexibility index (Phi) is 13.8. The van der Waals surface area contributed by atoms with Gasteiger partial charge in [0.05, 0.1) is 18.8 Å². The minimum Gasteiger partial charge on any atom is -0.619 e. The second kappa shape index (κ2) is 18.9. The third-order valence-electron chi connectivity index (χ3n) is 9.91. The van der Waals surface area contributed by atoms with Crippen molar-refractivity contribution in [3.63, 3.8) is 0 Å². The Bertz CT molecular complexity index is 1940. The van der Waals surface area contributed by atoms with Crippen LogP contribution in [0.4, 0.5) is 18.9 Å². The van der Waals surface area contributed by atoms with E-state index in [4.69, 9.17) is 37.4 Å². The molecule has 0 radical (unpaired) electrons. The second-order valence-electron chi connectivity index (χ2n) is 13.9. The molecule has 2 fully saturated rings. The Balaban J connectivity index is 1.20. The zero-order valence-corrected chi connectivity index (χ0v) is 32.1. The molecule has 2 heterocycles. The number of carbonyl (C=O) groups is 2. The highest BCUT2D eigenvalue weighted by atomic mass is 35.5. The number of hydrogen-bond donors (Lipinski definition) is 1. The Labute approximate surface area is 333 Å². The number of carbonyl (C=O) groups excluding carboxylic acids is 2. The first kappa shape index (κ1) is 40.9. The van der Waals surface area contributed by atoms with Crippen LogP contribution in [0.3, 0.4) is 0 Å². The van der Waals surface area contributed by atoms with Crippen molar-refractivity contribution in [2.45, 2.75) is 57.8 Å². The summed E-state index contributed by atoms with van der Waals surface area (Å²) in [7, 11) is 0. The van der Waals surface area contributed by atoms with E-state index < -0.39 is 36.5 Å². The molecule has 1 unspecified atom stereocenters. The Hall–Kier alpha value is -4.72. The molecule has 10 nitrogen and oxygen atoms in total. The standard InChI is InChI=1S/C41H42Cl2F3N3O7/c1-2-48-17-15-26(16-18-48)24-54-40(51)38(27-5-10-30(44)11-6-27)47-31-12-7-28(8-13-31)39(50)55-36(20-32-33(42)21-49(52)22-34(32)43)29-9-14-35(56-41(45)46)37(19-29)53-23-25-3-4-25/h5-14,19,21-22,25-26,36,38,41,47H,2-4,15-18,20,23-24H2,1H3/t36-,38?/m0/s1. The Morgan fingerprint density at radius 3 is 2.16 bits per heavy atom. The van der Waals surface area contributed by atoms with Crippen LogP contribution in [-0.4, -0.2) is 56.3 Å². The molecule has 4 aromatic rings. The van der Waals surface area contributed by atoms with Crippen molar-refractivity contribution in [3.8, 4) is 11.5 Å². The molecule has 2 aliphatic rings. The van der Waals surface area contributed by atoms with Gasteiger partial charge in [0.1, 0.15) is 22.0 Å². The first-order valence-corrected chi connectivity index (χ1v) is 19.2. The van der Waals surface area contributed by atoms with Crippen molar-refractivity contribution >= 4 is 40.8 Å². The van der Waals surface area contributed by atoms with Crippen molar-refractivity contribution in [2.75, 3.05) is 38.2 Å². The largest absolute Gasteiger partial charge is 0.619 e. The molecule has 298 valence electrons. The van der Waals surface area contributed by atoms with Gasteiger partial charge < -0.3 is 34.4 Å². The van der Waals surface area contributed by atoms with Gasteiger partial charge in [0.15, 0.2) is 29.9 Å². The molecule has 1 aromatic heterocycles. The normalized spacial score (nSPS) is 15.9. The predicted molar refractivity (Wildman–Crippen MR) is 204 cm³/mol. The fourth-order valence-electron chi connectivity index (χ4n) is 6.41. The zero-order valence-electron chi connectivity index (χ0n) is 30.6. The maximum Gasteiger partial charge on any atom is 0.387 e. The number of likely N-dealkylation sites (tertiary alicyclic amines) is 1. The number of halogens is 5. The monoisotopic (exact) mass is 815 g/mol. The number of piperidine rings is 1. The summed E-state index contributed by atoms with van der Waals surface area (Å²) in [5.41, 5.74) is 1.80. The molecule has 1 aliphatic heterocycles. The summed E-state index contributed by atoms with van der Waals surface area (Å²) in [5, 5.41) is 15.2. The van der Waals surface area contributed by atoms with Gasteiger partial charge in [-0.15, -0.1) is 0 Å². The van der Waals surface area contributed by atoms with E-state index in [-0.39, 0.29) is 46.1 Å². The number of esters is 2. The number of pyridine rings is 1. The highest BCUT2D eigenvalue weighted by Crippen LogP contribution is 2.38. The highest BCUT2D eigenvalue weighted by molar-refractivity contribution is 6.35. The predicted octanol–water partition coefficient (Wildman–Crippen LogP) is 8.73. The van der Waals surface area contributed by atoms with Gasteiger partial charge in [-0.1, -0.05) is 48.3 Å². The summed E-state index contributed by atoms with van der Waals surface area (Å²) in [6.45, 7) is 2.46. The average molecular weight is 817 g/mol. The Morgan fingerprint density at radius 2 is 1.54 bits per heavy atom. The lowest BCUT2D eigenvalue weighted by Crippen LogP contribution is -2.35. The molecule has 0 amide bonds. The molecule has 6 rings (SSSR count). The van der Waals surface area contributed by atoms with Gasteiger partial charge in [-0.3, -0.25) is 0 Å². The molecule has 1 aliphatic carbocycles. The number of aromatic nitrogens is 1. The Morgan fingerprint density at radius 1 is 0.893 bits per heavy atom. The van der Waals surface area contributed by atoms with E-state index >= 15 is 0 Å². The SMILES string of the molecule is CCN1CCC(COC(=O)C(Nc2ccc(C(=O)O[C@@H](Cc3c(Cl)c[n+]([O-])cc3Cl)c3ccc(OC(F)F)c(OCC4CC4)c3)cc2)c2ccc(F)cc2)CC1. The summed E-state index contributed by atoms with van der Waals surface area (Å²) < 4.78 is 63.1. The van der Waals surface area contributed by atoms with Crippen molar-refractivity contribution in [1.82, 2.24) is 4.90 Å². The fraction of sp³-hybridized carbons (Fsp3) is 0.390. The minimum atomic E-state index is -3.10. The van der Waals surface area contributed by atoms with E-state index in [0.717, 1.165) is 57.7 Å². The van der Waals surface area contributed by atoms with E-state index in [1.165, 1.54) is 54.6 Å². The summed E-state index contributed by atoms with van der Waals surface area (Å²) in [6.07, 6.45) is 4.83. The molecular formula is C41H42Cl2F3N3O7. The van der Waals surface area contributed by atoms with Gasteiger partial charge in [-0.2, -0.15) is 13.5 Å². The van der Waals surface area contributed by atoms with Crippen molar-refractivity contribution in [1.29, 1.82) is 0 Å². The highest BCUT2D eigenvalue weighted by Gasteiger charge is 2.28. The van der Waals surface area contributed by atoms with Crippen LogP contribution in [0.2, 0.25) is 10.0 Å². The lowest BCUT2D eigenvalue weighted by atomic mass is 9.98. The maximum atomic E-state index is 13.8. The van der Waals surface area contributed by atoms with E-state index in [1.807, 2.05) is 0 Å². The first-order valence-electron chi connectivity index (χ1n) is 18.5. The van der Waals surface area contributed by atoms with Crippen LogP contribution in [0.25, 0.3) is 0 Å². The van der Waals surface area contributed by atoms with Gasteiger partial charge in [0.2, 0.25) is 0 Å². The molecule has 15 heteroatoms. The van der Waals surface area contributed by atoms with Crippen LogP contribution in [0, 0.1) is 22.9 Å². The van der Waals surface area contributed by atoms with Crippen molar-refractivity contribution in [3.05, 3.63) is 122 Å². The van der Waals surface area contributed by atoms with E-state index in [9.17, 15) is 28.0 Å². The number of alkyl halides is 2. The van der Waals surface area contributed by atoms with Gasteiger partial charge in [0.25, 0.3) is 0 Å². The summed E-state index contributed by atoms with van der Waals surface area (Å²) in [6, 6.07) is 15.0. The van der Waals surface area contributed by atoms with E-state index in [1.54, 1.807) is 12.1 Å². The third-order valence-corrected chi connectivity index (χ3v) is 10.6. The molecule has 2 atom stereocenters. The molecular weight excluding hydrogens is 774 g/mol. The second-order valence-corrected chi connectivity index (χ2v) is 14.8. The smallest absolute Gasteiger partial charge is 0.387 e. The summed E-state index contributed by atoms with van der Waals surface area (Å²) in [4.78, 5) is 29.5. The number of ether oxygens (including phenoxy) is 4. The number of anilines is 1. The van der Waals surface area contributed by atoms with Gasteiger partial charge in [-0.25, -0.2) is 14.0 Å². The molecule has 0 spiro atoms. The van der Waals surface area contributed by atoms with Crippen LogP contribution < -0.4 is 19.5 Å². The summed E-state index contributed by atoms with van der Waals surface area (Å²) in [5.74, 6) is -1.31. The van der Waals surface area contributed by atoms with Crippen LogP contribution in [0.1, 0.15) is 71.8 Å². The number of nitrogens with one attached hydrogen (secondary N) is 1. The molecule has 0 bridgehead atoms. The van der Waals surface area contributed by atoms with Gasteiger partial charge >= 0.3 is 18.6 Å². The minimum absolute atomic E-state index is 0.0305. The molecule has 3 aromatic carbocycles. The topological polar surface area (TPSA) is 113 Å². The number of benzene rings is 3. The number of nitrogens with zero attached hydrogens (tertiary/aromatic N) is 2. The lowest BCUT2D eigenvalue weighted by molar-refractivity contribution is -0.605. The van der Waals surface area contributed by atoms with Crippen LogP contribution in [-0.2, 0) is 20.7 Å². The van der Waals surface area contributed by atoms with Gasteiger partial charge in [0, 0.05) is 17.7 Å². The first-order chi connectivity index (χ1) is 26.9.